The molecule has 9 heteroatoms. The maximum atomic E-state index is 6.25. The van der Waals surface area contributed by atoms with Gasteiger partial charge in [-0.25, -0.2) is 9.97 Å². The number of fused-ring (bicyclic) bond motifs is 13. The summed E-state index contributed by atoms with van der Waals surface area (Å²) in [5.41, 5.74) is 13.1. The molecule has 0 aliphatic heterocycles. The van der Waals surface area contributed by atoms with E-state index in [0.29, 0.717) is 17.6 Å². The molecule has 0 bridgehead atoms. The Bertz CT molecular complexity index is 4400. The molecule has 0 amide bonds. The molecule has 312 valence electrons. The average molecular weight is 860 g/mol. The van der Waals surface area contributed by atoms with E-state index in [1.807, 2.05) is 73.1 Å². The molecule has 6 heterocycles. The van der Waals surface area contributed by atoms with E-state index >= 15 is 0 Å². The Morgan fingerprint density at radius 1 is 0.343 bits per heavy atom. The molecule has 0 aliphatic carbocycles. The molecule has 67 heavy (non-hydrogen) atoms. The van der Waals surface area contributed by atoms with Crippen LogP contribution in [0.15, 0.2) is 209 Å². The maximum Gasteiger partial charge on any atom is 0.238 e. The summed E-state index contributed by atoms with van der Waals surface area (Å²) < 4.78 is 19.2. The summed E-state index contributed by atoms with van der Waals surface area (Å²) in [5, 5.41) is 8.57. The molecule has 9 nitrogen and oxygen atoms in total. The first-order chi connectivity index (χ1) is 33.2. The van der Waals surface area contributed by atoms with Gasteiger partial charge >= 0.3 is 0 Å². The van der Waals surface area contributed by atoms with E-state index in [4.69, 9.17) is 28.8 Å². The molecular formula is C58H33N7O2. The zero-order chi connectivity index (χ0) is 43.7. The Labute approximate surface area is 380 Å². The molecule has 0 aliphatic rings. The number of aromatic nitrogens is 7. The number of rotatable bonds is 5. The highest BCUT2D eigenvalue weighted by Crippen LogP contribution is 2.41. The van der Waals surface area contributed by atoms with Gasteiger partial charge in [-0.3, -0.25) is 9.13 Å². The third-order valence-corrected chi connectivity index (χ3v) is 13.4. The molecule has 15 aromatic rings. The quantitative estimate of drug-likeness (QED) is 0.171. The molecule has 0 saturated carbocycles. The van der Waals surface area contributed by atoms with Crippen molar-refractivity contribution in [2.75, 3.05) is 0 Å². The summed E-state index contributed by atoms with van der Waals surface area (Å²) in [4.78, 5) is 21.1. The van der Waals surface area contributed by atoms with Crippen LogP contribution in [0, 0.1) is 0 Å². The summed E-state index contributed by atoms with van der Waals surface area (Å²) in [7, 11) is 0. The second-order valence-electron chi connectivity index (χ2n) is 17.1. The van der Waals surface area contributed by atoms with Crippen LogP contribution in [0.2, 0.25) is 0 Å². The van der Waals surface area contributed by atoms with Crippen molar-refractivity contribution in [3.8, 4) is 40.1 Å². The van der Waals surface area contributed by atoms with E-state index in [1.165, 1.54) is 0 Å². The van der Waals surface area contributed by atoms with Crippen molar-refractivity contribution in [3.05, 3.63) is 200 Å². The van der Waals surface area contributed by atoms with Crippen LogP contribution in [0.1, 0.15) is 0 Å². The monoisotopic (exact) mass is 859 g/mol. The van der Waals surface area contributed by atoms with Gasteiger partial charge in [-0.05, 0) is 97.1 Å². The number of imidazole rings is 1. The van der Waals surface area contributed by atoms with Crippen molar-refractivity contribution in [1.29, 1.82) is 0 Å². The predicted molar refractivity (Wildman–Crippen MR) is 269 cm³/mol. The van der Waals surface area contributed by atoms with E-state index < -0.39 is 0 Å². The molecule has 0 fully saturated rings. The lowest BCUT2D eigenvalue weighted by molar-refractivity contribution is 0.668. The Balaban J connectivity index is 1.01. The van der Waals surface area contributed by atoms with Gasteiger partial charge in [0, 0.05) is 59.9 Å². The van der Waals surface area contributed by atoms with Gasteiger partial charge in [0.15, 0.2) is 11.6 Å². The highest BCUT2D eigenvalue weighted by molar-refractivity contribution is 6.19. The molecule has 0 saturated heterocycles. The maximum absolute atomic E-state index is 6.25. The first kappa shape index (κ1) is 36.0. The minimum absolute atomic E-state index is 0.506. The van der Waals surface area contributed by atoms with Crippen LogP contribution in [0.4, 0.5) is 0 Å². The van der Waals surface area contributed by atoms with E-state index in [1.54, 1.807) is 0 Å². The van der Waals surface area contributed by atoms with Crippen LogP contribution in [0.25, 0.3) is 139 Å². The topological polar surface area (TPSA) is 92.6 Å². The summed E-state index contributed by atoms with van der Waals surface area (Å²) >= 11 is 0. The van der Waals surface area contributed by atoms with Crippen molar-refractivity contribution in [3.63, 3.8) is 0 Å². The van der Waals surface area contributed by atoms with Crippen LogP contribution in [-0.4, -0.2) is 33.6 Å². The number of benzene rings is 9. The van der Waals surface area contributed by atoms with E-state index in [9.17, 15) is 0 Å². The largest absolute Gasteiger partial charge is 0.456 e. The van der Waals surface area contributed by atoms with E-state index in [-0.39, 0.29) is 0 Å². The first-order valence-electron chi connectivity index (χ1n) is 22.3. The predicted octanol–water partition coefficient (Wildman–Crippen LogP) is 14.5. The highest BCUT2D eigenvalue weighted by Gasteiger charge is 2.23. The molecular weight excluding hydrogens is 827 g/mol. The van der Waals surface area contributed by atoms with Gasteiger partial charge < -0.3 is 13.4 Å². The van der Waals surface area contributed by atoms with Gasteiger partial charge in [-0.15, -0.1) is 0 Å². The average Bonchev–Trinajstić information content (AvgIpc) is 4.21. The Morgan fingerprint density at radius 3 is 1.51 bits per heavy atom. The fourth-order valence-electron chi connectivity index (χ4n) is 10.4. The second kappa shape index (κ2) is 13.6. The third kappa shape index (κ3) is 5.24. The molecule has 6 aromatic heterocycles. The van der Waals surface area contributed by atoms with Gasteiger partial charge in [0.25, 0.3) is 0 Å². The molecule has 0 atom stereocenters. The van der Waals surface area contributed by atoms with Crippen LogP contribution < -0.4 is 0 Å². The molecule has 0 radical (unpaired) electrons. The van der Waals surface area contributed by atoms with Gasteiger partial charge in [0.1, 0.15) is 34.2 Å². The van der Waals surface area contributed by atoms with Crippen molar-refractivity contribution < 1.29 is 8.83 Å². The zero-order valence-electron chi connectivity index (χ0n) is 35.5. The van der Waals surface area contributed by atoms with Crippen LogP contribution in [-0.2, 0) is 0 Å². The van der Waals surface area contributed by atoms with Gasteiger partial charge in [-0.2, -0.15) is 9.97 Å². The fourth-order valence-corrected chi connectivity index (χ4v) is 10.4. The first-order valence-corrected chi connectivity index (χ1v) is 22.3. The molecule has 9 aromatic carbocycles. The van der Waals surface area contributed by atoms with Crippen molar-refractivity contribution in [2.45, 2.75) is 0 Å². The standard InChI is InChI=1S/C58H33N7O2/c1-2-13-36(14-3-1)63-33-59-55-47(63)21-12-22-48(55)64-45-19-8-4-15-37(45)41-31-42-38-16-5-9-20-46(38)65(50(42)32-49(41)64)58-61-56(34-25-27-53-43(29-34)39-17-6-10-23-51(39)66-53)60-57(62-58)35-26-28-54-44(30-35)40-18-7-11-24-52(40)67-54/h1-33H. The van der Waals surface area contributed by atoms with Crippen LogP contribution in [0.5, 0.6) is 0 Å². The number of nitrogens with zero attached hydrogens (tertiary/aromatic N) is 7. The lowest BCUT2D eigenvalue weighted by Gasteiger charge is -2.12. The lowest BCUT2D eigenvalue weighted by Crippen LogP contribution is -2.06. The summed E-state index contributed by atoms with van der Waals surface area (Å²) in [6, 6.07) is 67.2. The van der Waals surface area contributed by atoms with Gasteiger partial charge in [-0.1, -0.05) is 97.1 Å². The Hall–Kier alpha value is -9.34. The molecule has 0 spiro atoms. The Morgan fingerprint density at radius 2 is 0.866 bits per heavy atom. The van der Waals surface area contributed by atoms with E-state index in [2.05, 4.69) is 141 Å². The zero-order valence-corrected chi connectivity index (χ0v) is 35.5. The summed E-state index contributed by atoms with van der Waals surface area (Å²) in [6.45, 7) is 0. The van der Waals surface area contributed by atoms with Crippen molar-refractivity contribution in [1.82, 2.24) is 33.6 Å². The summed E-state index contributed by atoms with van der Waals surface area (Å²) in [6.07, 6.45) is 1.92. The Kier molecular flexibility index (Phi) is 7.31. The molecule has 0 unspecified atom stereocenters. The minimum atomic E-state index is 0.506. The number of para-hydroxylation sites is 6. The van der Waals surface area contributed by atoms with Crippen molar-refractivity contribution >= 4 is 98.5 Å². The smallest absolute Gasteiger partial charge is 0.238 e. The van der Waals surface area contributed by atoms with Crippen LogP contribution >= 0.6 is 0 Å². The fraction of sp³-hybridized carbons (Fsp3) is 0. The third-order valence-electron chi connectivity index (χ3n) is 13.4. The molecule has 15 rings (SSSR count). The number of hydrogen-bond acceptors (Lipinski definition) is 6. The van der Waals surface area contributed by atoms with E-state index in [0.717, 1.165) is 121 Å². The lowest BCUT2D eigenvalue weighted by atomic mass is 10.1. The summed E-state index contributed by atoms with van der Waals surface area (Å²) in [5.74, 6) is 1.60. The SMILES string of the molecule is c1ccc(-n2cnc3c(-n4c5ccccc5c5cc6c7ccccc7n(-c7nc(-c8ccc9oc%10ccccc%10c9c8)nc(-c8ccc9oc%10ccccc%10c9c8)n7)c6cc54)cccc32)cc1. The van der Waals surface area contributed by atoms with Crippen molar-refractivity contribution in [2.24, 2.45) is 0 Å². The number of hydrogen-bond donors (Lipinski definition) is 0. The van der Waals surface area contributed by atoms with Gasteiger partial charge in [0.2, 0.25) is 5.95 Å². The second-order valence-corrected chi connectivity index (χ2v) is 17.1. The normalized spacial score (nSPS) is 12.2. The van der Waals surface area contributed by atoms with Gasteiger partial charge in [0.05, 0.1) is 33.3 Å². The number of furan rings is 2. The highest BCUT2D eigenvalue weighted by atomic mass is 16.3. The minimum Gasteiger partial charge on any atom is -0.456 e. The van der Waals surface area contributed by atoms with Crippen LogP contribution in [0.3, 0.4) is 0 Å². The molecule has 0 N–H and O–H groups in total.